The summed E-state index contributed by atoms with van der Waals surface area (Å²) in [5.74, 6) is -9.08. The molecular weight excluding hydrogens is 880 g/mol. The summed E-state index contributed by atoms with van der Waals surface area (Å²) in [4.78, 5) is 130. The Kier molecular flexibility index (Phi) is 13.7. The van der Waals surface area contributed by atoms with Crippen LogP contribution in [0, 0.1) is 0 Å². The summed E-state index contributed by atoms with van der Waals surface area (Å²) in [6, 6.07) is 37.6. The van der Waals surface area contributed by atoms with Gasteiger partial charge in [-0.25, -0.2) is 0 Å². The first-order valence-electron chi connectivity index (χ1n) is 21.1. The van der Waals surface area contributed by atoms with Crippen LogP contribution < -0.4 is 29.6 Å². The van der Waals surface area contributed by atoms with Gasteiger partial charge in [0, 0.05) is 19.3 Å². The minimum atomic E-state index is -2.66. The normalized spacial score (nSPS) is 15.0. The van der Waals surface area contributed by atoms with Crippen molar-refractivity contribution >= 4 is 60.7 Å². The average molecular weight is 917 g/mol. The molecule has 9 rings (SSSR count). The van der Waals surface area contributed by atoms with Crippen molar-refractivity contribution in [2.45, 2.75) is 37.4 Å². The molecule has 68 heavy (non-hydrogen) atoms. The number of fused-ring (bicyclic) bond motifs is 3. The number of carbonyl (C=O) groups is 9. The molecule has 3 aliphatic rings. The summed E-state index contributed by atoms with van der Waals surface area (Å²) in [6.45, 7) is 0. The van der Waals surface area contributed by atoms with Crippen LogP contribution in [0.1, 0.15) is 78.8 Å². The molecule has 3 atom stereocenters. The SMILES string of the molecule is O=C(O[B-](OC(=O)[C@H](Cc1ccccc1)N1C(=O)c2ccccc2C1=O)OC(=O)[C@H](Cc1ccccc1)N1C(=O)c2ccccc2C1=O)[C@H](Cc1ccccc1)N1C(=O)c2ccccc2C1=O.[Na+]. The molecule has 3 heterocycles. The molecule has 15 nitrogen and oxygen atoms in total. The molecule has 0 aliphatic carbocycles. The minimum absolute atomic E-state index is 0. The Labute approximate surface area is 411 Å². The van der Waals surface area contributed by atoms with E-state index in [-0.39, 0.29) is 82.2 Å². The van der Waals surface area contributed by atoms with Gasteiger partial charge in [-0.05, 0) is 53.1 Å². The fraction of sp³-hybridized carbons (Fsp3) is 0.118. The molecule has 17 heteroatoms. The van der Waals surface area contributed by atoms with E-state index in [0.717, 1.165) is 0 Å². The number of nitrogens with zero attached hydrogens (tertiary/aromatic N) is 3. The number of imide groups is 3. The molecule has 0 fully saturated rings. The maximum Gasteiger partial charge on any atom is 1.00 e. The maximum absolute atomic E-state index is 14.7. The van der Waals surface area contributed by atoms with Crippen molar-refractivity contribution in [2.75, 3.05) is 0 Å². The molecule has 0 saturated carbocycles. The van der Waals surface area contributed by atoms with E-state index in [4.69, 9.17) is 14.0 Å². The summed E-state index contributed by atoms with van der Waals surface area (Å²) >= 11 is 0. The number of hydrogen-bond acceptors (Lipinski definition) is 12. The third kappa shape index (κ3) is 9.04. The van der Waals surface area contributed by atoms with Crippen LogP contribution in [0.2, 0.25) is 0 Å². The van der Waals surface area contributed by atoms with Gasteiger partial charge in [0.2, 0.25) is 0 Å². The van der Waals surface area contributed by atoms with E-state index in [1.54, 1.807) is 127 Å². The van der Waals surface area contributed by atoms with Gasteiger partial charge in [-0.1, -0.05) is 127 Å². The predicted octanol–water partition coefficient (Wildman–Crippen LogP) is 2.33. The first kappa shape index (κ1) is 46.7. The van der Waals surface area contributed by atoms with Crippen molar-refractivity contribution in [3.63, 3.8) is 0 Å². The van der Waals surface area contributed by atoms with Crippen molar-refractivity contribution in [3.05, 3.63) is 214 Å². The van der Waals surface area contributed by atoms with Crippen LogP contribution in [0.25, 0.3) is 0 Å². The standard InChI is InChI=1S/C51H36BN3O12.Na/c56-43-34-22-10-11-23-35(34)44(57)53(43)40(28-31-16-4-1-5-17-31)49(62)65-52(66-50(63)41(29-32-18-6-2-7-19-32)54-45(58)36-24-12-13-25-37(36)46(54)59)67-51(64)42(30-33-20-8-3-9-21-33)55-47(60)38-26-14-15-27-39(38)48(55)61;/h1-27,40-42H,28-30H2;/q-1;+1/t40-,41-,42-;/m0./s1. The summed E-state index contributed by atoms with van der Waals surface area (Å²) in [5.41, 5.74) is 1.54. The molecule has 0 spiro atoms. The predicted molar refractivity (Wildman–Crippen MR) is 237 cm³/mol. The van der Waals surface area contributed by atoms with Crippen molar-refractivity contribution in [2.24, 2.45) is 0 Å². The molecule has 0 bridgehead atoms. The molecule has 331 valence electrons. The van der Waals surface area contributed by atoms with Crippen LogP contribution >= 0.6 is 0 Å². The van der Waals surface area contributed by atoms with E-state index >= 15 is 0 Å². The summed E-state index contributed by atoms with van der Waals surface area (Å²) in [7, 11) is -2.66. The maximum atomic E-state index is 14.7. The van der Waals surface area contributed by atoms with Gasteiger partial charge in [-0.3, -0.25) is 57.9 Å². The summed E-state index contributed by atoms with van der Waals surface area (Å²) in [6.07, 6.45) is -0.925. The third-order valence-electron chi connectivity index (χ3n) is 11.7. The van der Waals surface area contributed by atoms with Crippen LogP contribution in [-0.4, -0.2) is 93.5 Å². The Bertz CT molecular complexity index is 2580. The zero-order chi connectivity index (χ0) is 46.8. The summed E-state index contributed by atoms with van der Waals surface area (Å²) in [5, 5.41) is 0. The summed E-state index contributed by atoms with van der Waals surface area (Å²) < 4.78 is 17.2. The van der Waals surface area contributed by atoms with Gasteiger partial charge >= 0.3 is 36.9 Å². The molecule has 0 N–H and O–H groups in total. The number of carbonyl (C=O) groups excluding carboxylic acids is 9. The second-order valence-corrected chi connectivity index (χ2v) is 15.8. The quantitative estimate of drug-likeness (QED) is 0.108. The van der Waals surface area contributed by atoms with Crippen LogP contribution in [0.3, 0.4) is 0 Å². The Balaban J connectivity index is 0.00000625. The topological polar surface area (TPSA) is 191 Å². The van der Waals surface area contributed by atoms with Gasteiger partial charge in [0.1, 0.15) is 18.1 Å². The number of benzene rings is 6. The van der Waals surface area contributed by atoms with Crippen LogP contribution in [0.15, 0.2) is 164 Å². The molecule has 0 unspecified atom stereocenters. The van der Waals surface area contributed by atoms with Gasteiger partial charge in [0.15, 0.2) is 0 Å². The molecular formula is C51H36BN3NaO12. The Hall–Kier alpha value is -7.79. The number of hydrogen-bond donors (Lipinski definition) is 0. The van der Waals surface area contributed by atoms with Crippen molar-refractivity contribution in [3.8, 4) is 0 Å². The van der Waals surface area contributed by atoms with Gasteiger partial charge < -0.3 is 14.0 Å². The average Bonchev–Trinajstić information content (AvgIpc) is 3.87. The Morgan fingerprint density at radius 1 is 0.338 bits per heavy atom. The minimum Gasteiger partial charge on any atom is -0.641 e. The zero-order valence-electron chi connectivity index (χ0n) is 36.3. The molecule has 1 radical (unpaired) electrons. The van der Waals surface area contributed by atoms with E-state index in [2.05, 4.69) is 0 Å². The zero-order valence-corrected chi connectivity index (χ0v) is 38.3. The van der Waals surface area contributed by atoms with E-state index < -0.39 is 78.8 Å². The van der Waals surface area contributed by atoms with Crippen molar-refractivity contribution in [1.29, 1.82) is 0 Å². The second kappa shape index (κ2) is 20.0. The first-order valence-corrected chi connectivity index (χ1v) is 21.1. The van der Waals surface area contributed by atoms with Crippen molar-refractivity contribution < 1.29 is 86.7 Å². The van der Waals surface area contributed by atoms with Gasteiger partial charge in [-0.2, -0.15) is 0 Å². The Morgan fingerprint density at radius 2 is 0.529 bits per heavy atom. The van der Waals surface area contributed by atoms with E-state index in [1.165, 1.54) is 36.4 Å². The van der Waals surface area contributed by atoms with Gasteiger partial charge in [0.25, 0.3) is 53.4 Å². The van der Waals surface area contributed by atoms with Crippen LogP contribution in [0.4, 0.5) is 0 Å². The van der Waals surface area contributed by atoms with Crippen LogP contribution in [0.5, 0.6) is 0 Å². The second-order valence-electron chi connectivity index (χ2n) is 15.8. The molecule has 6 aromatic rings. The molecule has 0 aromatic heterocycles. The number of rotatable bonds is 15. The van der Waals surface area contributed by atoms with E-state index in [1.807, 2.05) is 0 Å². The van der Waals surface area contributed by atoms with Gasteiger partial charge in [0.05, 0.1) is 33.4 Å². The molecule has 0 saturated heterocycles. The van der Waals surface area contributed by atoms with E-state index in [9.17, 15) is 43.2 Å². The van der Waals surface area contributed by atoms with Crippen LogP contribution in [-0.2, 0) is 47.6 Å². The molecule has 6 aromatic carbocycles. The monoisotopic (exact) mass is 916 g/mol. The fourth-order valence-corrected chi connectivity index (χ4v) is 8.42. The fourth-order valence-electron chi connectivity index (χ4n) is 8.42. The largest absolute Gasteiger partial charge is 1.00 e. The van der Waals surface area contributed by atoms with Gasteiger partial charge in [-0.15, -0.1) is 0 Å². The smallest absolute Gasteiger partial charge is 0.641 e. The molecule has 3 aliphatic heterocycles. The van der Waals surface area contributed by atoms with E-state index in [0.29, 0.717) is 31.4 Å². The van der Waals surface area contributed by atoms with Crippen molar-refractivity contribution in [1.82, 2.24) is 14.7 Å². The third-order valence-corrected chi connectivity index (χ3v) is 11.7. The first-order chi connectivity index (χ1) is 32.5. The number of amides is 6. The molecule has 6 amide bonds. The Morgan fingerprint density at radius 3 is 0.735 bits per heavy atom.